The van der Waals surface area contributed by atoms with Gasteiger partial charge in [0.25, 0.3) is 0 Å². The van der Waals surface area contributed by atoms with Crippen molar-refractivity contribution < 1.29 is 32.5 Å². The molecule has 78 valence electrons. The second-order valence-electron chi connectivity index (χ2n) is 2.07. The molecule has 0 aliphatic rings. The molecule has 0 fully saturated rings. The summed E-state index contributed by atoms with van der Waals surface area (Å²) in [5, 5.41) is 8.73. The average molecular weight is 202 g/mol. The van der Waals surface area contributed by atoms with Crippen molar-refractivity contribution in [1.29, 1.82) is 0 Å². The van der Waals surface area contributed by atoms with Crippen LogP contribution in [0.2, 0.25) is 0 Å². The fourth-order valence-corrected chi connectivity index (χ4v) is 0.544. The smallest absolute Gasteiger partial charge is 0.455 e. The number of rotatable bonds is 3. The molecule has 7 heteroatoms. The predicted octanol–water partition coefficient (Wildman–Crippen LogP) is 0.447. The van der Waals surface area contributed by atoms with Gasteiger partial charge in [-0.25, -0.2) is 4.79 Å². The van der Waals surface area contributed by atoms with Crippen molar-refractivity contribution in [3.05, 3.63) is 0 Å². The fourth-order valence-electron chi connectivity index (χ4n) is 0.544. The van der Waals surface area contributed by atoms with Gasteiger partial charge in [-0.1, -0.05) is 0 Å². The summed E-state index contributed by atoms with van der Waals surface area (Å²) in [4.78, 5) is 10.6. The van der Waals surface area contributed by atoms with E-state index in [4.69, 9.17) is 5.11 Å². The summed E-state index contributed by atoms with van der Waals surface area (Å²) in [7, 11) is 0.560. The van der Waals surface area contributed by atoms with E-state index < -0.39 is 17.9 Å². The van der Waals surface area contributed by atoms with Crippen molar-refractivity contribution in [3.63, 3.8) is 0 Å². The molecule has 0 aliphatic heterocycles. The zero-order valence-corrected chi connectivity index (χ0v) is 7.01. The maximum absolute atomic E-state index is 12.0. The standard InChI is InChI=1S/C6H9F3O4/c1-3-13-4(10)5(11,12-2)6(7,8)9/h11H,3H2,1-2H3. The van der Waals surface area contributed by atoms with Gasteiger partial charge in [-0.05, 0) is 6.92 Å². The van der Waals surface area contributed by atoms with Crippen LogP contribution in [0, 0.1) is 0 Å². The first-order chi connectivity index (χ1) is 5.79. The van der Waals surface area contributed by atoms with E-state index in [9.17, 15) is 18.0 Å². The van der Waals surface area contributed by atoms with Crippen LogP contribution in [0.4, 0.5) is 13.2 Å². The molecular weight excluding hydrogens is 193 g/mol. The van der Waals surface area contributed by atoms with E-state index in [1.165, 1.54) is 6.92 Å². The van der Waals surface area contributed by atoms with Crippen molar-refractivity contribution in [1.82, 2.24) is 0 Å². The molecule has 0 aromatic heterocycles. The van der Waals surface area contributed by atoms with Gasteiger partial charge in [-0.2, -0.15) is 13.2 Å². The van der Waals surface area contributed by atoms with Crippen LogP contribution in [0.5, 0.6) is 0 Å². The van der Waals surface area contributed by atoms with Crippen molar-refractivity contribution >= 4 is 5.97 Å². The highest BCUT2D eigenvalue weighted by Crippen LogP contribution is 2.31. The van der Waals surface area contributed by atoms with Gasteiger partial charge in [0.15, 0.2) is 0 Å². The molecular formula is C6H9F3O4. The topological polar surface area (TPSA) is 55.8 Å². The number of halogens is 3. The Bertz CT molecular complexity index is 191. The highest BCUT2D eigenvalue weighted by Gasteiger charge is 2.62. The molecule has 0 radical (unpaired) electrons. The third-order valence-corrected chi connectivity index (χ3v) is 1.23. The van der Waals surface area contributed by atoms with Gasteiger partial charge in [0.05, 0.1) is 6.61 Å². The van der Waals surface area contributed by atoms with Crippen molar-refractivity contribution in [2.24, 2.45) is 0 Å². The van der Waals surface area contributed by atoms with Crippen LogP contribution in [0.25, 0.3) is 0 Å². The highest BCUT2D eigenvalue weighted by molar-refractivity contribution is 5.78. The van der Waals surface area contributed by atoms with Crippen LogP contribution >= 0.6 is 0 Å². The molecule has 1 atom stereocenters. The van der Waals surface area contributed by atoms with E-state index in [1.54, 1.807) is 0 Å². The monoisotopic (exact) mass is 202 g/mol. The fraction of sp³-hybridized carbons (Fsp3) is 0.833. The van der Waals surface area contributed by atoms with Gasteiger partial charge in [0.1, 0.15) is 0 Å². The Kier molecular flexibility index (Phi) is 3.68. The van der Waals surface area contributed by atoms with Gasteiger partial charge in [0, 0.05) is 7.11 Å². The van der Waals surface area contributed by atoms with Crippen LogP contribution in [0.1, 0.15) is 6.92 Å². The molecule has 0 bridgehead atoms. The molecule has 0 amide bonds. The second-order valence-corrected chi connectivity index (χ2v) is 2.07. The molecule has 0 saturated carbocycles. The first-order valence-corrected chi connectivity index (χ1v) is 3.31. The van der Waals surface area contributed by atoms with Crippen LogP contribution in [0.15, 0.2) is 0 Å². The SMILES string of the molecule is CCOC(=O)C(O)(OC)C(F)(F)F. The van der Waals surface area contributed by atoms with E-state index >= 15 is 0 Å². The third-order valence-electron chi connectivity index (χ3n) is 1.23. The molecule has 4 nitrogen and oxygen atoms in total. The quantitative estimate of drug-likeness (QED) is 0.533. The molecule has 0 aromatic carbocycles. The summed E-state index contributed by atoms with van der Waals surface area (Å²) in [6.07, 6.45) is -5.21. The number of esters is 1. The number of hydrogen-bond donors (Lipinski definition) is 1. The van der Waals surface area contributed by atoms with Gasteiger partial charge in [0.2, 0.25) is 0 Å². The number of ether oxygens (including phenoxy) is 2. The Morgan fingerprint density at radius 2 is 1.92 bits per heavy atom. The summed E-state index contributed by atoms with van der Waals surface area (Å²) in [5.41, 5.74) is 0. The highest BCUT2D eigenvalue weighted by atomic mass is 19.4. The summed E-state index contributed by atoms with van der Waals surface area (Å²) in [5.74, 6) is -5.74. The van der Waals surface area contributed by atoms with Crippen molar-refractivity contribution in [3.8, 4) is 0 Å². The molecule has 0 spiro atoms. The number of carbonyl (C=O) groups excluding carboxylic acids is 1. The Morgan fingerprint density at radius 1 is 1.46 bits per heavy atom. The van der Waals surface area contributed by atoms with Crippen LogP contribution in [-0.4, -0.2) is 36.8 Å². The zero-order valence-electron chi connectivity index (χ0n) is 7.01. The summed E-state index contributed by atoms with van der Waals surface area (Å²) >= 11 is 0. The number of aliphatic hydroxyl groups is 1. The number of methoxy groups -OCH3 is 1. The molecule has 1 N–H and O–H groups in total. The van der Waals surface area contributed by atoms with Crippen LogP contribution in [0.3, 0.4) is 0 Å². The van der Waals surface area contributed by atoms with E-state index in [2.05, 4.69) is 9.47 Å². The maximum Gasteiger partial charge on any atom is 0.455 e. The Hall–Kier alpha value is -0.820. The molecule has 0 heterocycles. The van der Waals surface area contributed by atoms with Crippen LogP contribution in [-0.2, 0) is 14.3 Å². The first kappa shape index (κ1) is 12.2. The van der Waals surface area contributed by atoms with Gasteiger partial charge < -0.3 is 14.6 Å². The Balaban J connectivity index is 4.73. The van der Waals surface area contributed by atoms with E-state index in [1.807, 2.05) is 0 Å². The van der Waals surface area contributed by atoms with E-state index in [0.717, 1.165) is 0 Å². The summed E-state index contributed by atoms with van der Waals surface area (Å²) < 4.78 is 43.7. The second kappa shape index (κ2) is 3.93. The number of hydrogen-bond acceptors (Lipinski definition) is 4. The van der Waals surface area contributed by atoms with Crippen molar-refractivity contribution in [2.75, 3.05) is 13.7 Å². The minimum atomic E-state index is -5.21. The number of carbonyl (C=O) groups is 1. The molecule has 0 aromatic rings. The normalized spacial score (nSPS) is 16.5. The maximum atomic E-state index is 12.0. The third kappa shape index (κ3) is 2.31. The Morgan fingerprint density at radius 3 is 2.15 bits per heavy atom. The molecule has 1 unspecified atom stereocenters. The molecule has 13 heavy (non-hydrogen) atoms. The molecule has 0 rings (SSSR count). The molecule has 0 saturated heterocycles. The van der Waals surface area contributed by atoms with Gasteiger partial charge >= 0.3 is 17.9 Å². The van der Waals surface area contributed by atoms with E-state index in [-0.39, 0.29) is 6.61 Å². The predicted molar refractivity (Wildman–Crippen MR) is 34.6 cm³/mol. The Labute approximate surface area is 72.2 Å². The lowest BCUT2D eigenvalue weighted by molar-refractivity contribution is -0.345. The van der Waals surface area contributed by atoms with Gasteiger partial charge in [-0.15, -0.1) is 0 Å². The van der Waals surface area contributed by atoms with Crippen LogP contribution < -0.4 is 0 Å². The summed E-state index contributed by atoms with van der Waals surface area (Å²) in [6.45, 7) is 1.03. The van der Waals surface area contributed by atoms with Gasteiger partial charge in [-0.3, -0.25) is 0 Å². The van der Waals surface area contributed by atoms with E-state index in [0.29, 0.717) is 7.11 Å². The average Bonchev–Trinajstić information content (AvgIpc) is 2.01. The van der Waals surface area contributed by atoms with Crippen molar-refractivity contribution in [2.45, 2.75) is 18.9 Å². The lowest BCUT2D eigenvalue weighted by Crippen LogP contribution is -2.54. The first-order valence-electron chi connectivity index (χ1n) is 3.31. The number of alkyl halides is 3. The minimum Gasteiger partial charge on any atom is -0.462 e. The minimum absolute atomic E-state index is 0.277. The largest absolute Gasteiger partial charge is 0.462 e. The zero-order chi connectivity index (χ0) is 10.7. The molecule has 0 aliphatic carbocycles. The summed E-state index contributed by atoms with van der Waals surface area (Å²) in [6, 6.07) is 0. The lowest BCUT2D eigenvalue weighted by atomic mass is 10.3. The lowest BCUT2D eigenvalue weighted by Gasteiger charge is -2.25.